The highest BCUT2D eigenvalue weighted by molar-refractivity contribution is 7.80. The number of nitrogens with one attached hydrogen (secondary N) is 1. The van der Waals surface area contributed by atoms with Gasteiger partial charge in [0.1, 0.15) is 5.82 Å². The summed E-state index contributed by atoms with van der Waals surface area (Å²) in [6.07, 6.45) is -5.05. The molecule has 0 saturated heterocycles. The molecule has 88 valence electrons. The molecule has 0 fully saturated rings. The molecule has 0 aliphatic carbocycles. The summed E-state index contributed by atoms with van der Waals surface area (Å²) in [4.78, 5) is 10.8. The molecule has 0 atom stereocenters. The van der Waals surface area contributed by atoms with Gasteiger partial charge in [0.15, 0.2) is 0 Å². The van der Waals surface area contributed by atoms with E-state index in [2.05, 4.69) is 12.6 Å². The third-order valence-electron chi connectivity index (χ3n) is 1.79. The highest BCUT2D eigenvalue weighted by Gasteiger charge is 2.39. The Morgan fingerprint density at radius 1 is 1.38 bits per heavy atom. The Bertz CT molecular complexity index is 430. The van der Waals surface area contributed by atoms with Crippen LogP contribution in [0, 0.1) is 12.7 Å². The summed E-state index contributed by atoms with van der Waals surface area (Å²) in [5, 5.41) is 1.43. The second-order valence-electron chi connectivity index (χ2n) is 3.07. The number of thiol groups is 1. The van der Waals surface area contributed by atoms with E-state index in [0.29, 0.717) is 10.5 Å². The lowest BCUT2D eigenvalue weighted by Gasteiger charge is -2.10. The van der Waals surface area contributed by atoms with Crippen molar-refractivity contribution in [1.29, 1.82) is 0 Å². The fourth-order valence-electron chi connectivity index (χ4n) is 0.950. The molecule has 0 heterocycles. The first-order valence-corrected chi connectivity index (χ1v) is 4.54. The summed E-state index contributed by atoms with van der Waals surface area (Å²) < 4.78 is 48.8. The van der Waals surface area contributed by atoms with Gasteiger partial charge >= 0.3 is 12.1 Å². The van der Waals surface area contributed by atoms with Crippen LogP contribution in [0.25, 0.3) is 0 Å². The minimum atomic E-state index is -5.05. The van der Waals surface area contributed by atoms with E-state index in [-0.39, 0.29) is 0 Å². The standard InChI is InChI=1S/C9H7F4NOS/c1-4-2-5(10)6(3-7(4)16)14-8(15)9(11,12)13/h2-3,16H,1H3,(H,14,15). The zero-order valence-corrected chi connectivity index (χ0v) is 8.92. The summed E-state index contributed by atoms with van der Waals surface area (Å²) >= 11 is 3.91. The molecule has 1 aromatic carbocycles. The number of benzene rings is 1. The van der Waals surface area contributed by atoms with Crippen molar-refractivity contribution in [1.82, 2.24) is 0 Å². The topological polar surface area (TPSA) is 29.1 Å². The normalized spacial score (nSPS) is 11.4. The molecule has 0 saturated carbocycles. The summed E-state index contributed by atoms with van der Waals surface area (Å²) in [5.41, 5.74) is -0.0798. The van der Waals surface area contributed by atoms with E-state index in [1.165, 1.54) is 5.32 Å². The van der Waals surface area contributed by atoms with Crippen molar-refractivity contribution in [3.05, 3.63) is 23.5 Å². The predicted octanol–water partition coefficient (Wildman–Crippen LogP) is 2.92. The number of carbonyl (C=O) groups excluding carboxylic acids is 1. The Morgan fingerprint density at radius 3 is 2.44 bits per heavy atom. The lowest BCUT2D eigenvalue weighted by molar-refractivity contribution is -0.167. The van der Waals surface area contributed by atoms with Crippen molar-refractivity contribution in [2.75, 3.05) is 5.32 Å². The largest absolute Gasteiger partial charge is 0.471 e. The van der Waals surface area contributed by atoms with E-state index in [9.17, 15) is 22.4 Å². The van der Waals surface area contributed by atoms with Crippen LogP contribution in [0.5, 0.6) is 0 Å². The molecule has 1 amide bonds. The fraction of sp³-hybridized carbons (Fsp3) is 0.222. The SMILES string of the molecule is Cc1cc(F)c(NC(=O)C(F)(F)F)cc1S. The summed E-state index contributed by atoms with van der Waals surface area (Å²) in [6.45, 7) is 1.54. The Hall–Kier alpha value is -1.24. The number of aryl methyl sites for hydroxylation is 1. The van der Waals surface area contributed by atoms with Crippen molar-refractivity contribution in [2.24, 2.45) is 0 Å². The zero-order chi connectivity index (χ0) is 12.5. The van der Waals surface area contributed by atoms with Gasteiger partial charge in [0, 0.05) is 4.90 Å². The van der Waals surface area contributed by atoms with E-state index >= 15 is 0 Å². The van der Waals surface area contributed by atoms with Crippen molar-refractivity contribution in [3.8, 4) is 0 Å². The molecular formula is C9H7F4NOS. The minimum absolute atomic E-state index is 0.291. The van der Waals surface area contributed by atoms with Gasteiger partial charge in [-0.1, -0.05) is 0 Å². The second kappa shape index (κ2) is 4.32. The van der Waals surface area contributed by atoms with Crippen molar-refractivity contribution >= 4 is 24.2 Å². The molecule has 2 nitrogen and oxygen atoms in total. The highest BCUT2D eigenvalue weighted by Crippen LogP contribution is 2.24. The van der Waals surface area contributed by atoms with Crippen LogP contribution in [-0.2, 0) is 4.79 Å². The van der Waals surface area contributed by atoms with Crippen LogP contribution in [0.4, 0.5) is 23.2 Å². The van der Waals surface area contributed by atoms with Crippen LogP contribution in [0.15, 0.2) is 17.0 Å². The molecule has 0 aliphatic heterocycles. The molecule has 0 spiro atoms. The predicted molar refractivity (Wildman–Crippen MR) is 53.1 cm³/mol. The Kier molecular flexibility index (Phi) is 3.47. The van der Waals surface area contributed by atoms with Gasteiger partial charge in [-0.05, 0) is 24.6 Å². The molecule has 16 heavy (non-hydrogen) atoms. The second-order valence-corrected chi connectivity index (χ2v) is 3.55. The molecular weight excluding hydrogens is 246 g/mol. The van der Waals surface area contributed by atoms with Crippen molar-refractivity contribution in [3.63, 3.8) is 0 Å². The maximum Gasteiger partial charge on any atom is 0.471 e. The lowest BCUT2D eigenvalue weighted by Crippen LogP contribution is -2.30. The first-order chi connectivity index (χ1) is 7.21. The fourth-order valence-corrected chi connectivity index (χ4v) is 1.14. The van der Waals surface area contributed by atoms with Crippen LogP contribution in [0.3, 0.4) is 0 Å². The van der Waals surface area contributed by atoms with Crippen molar-refractivity contribution < 1.29 is 22.4 Å². The van der Waals surface area contributed by atoms with Crippen LogP contribution in [0.2, 0.25) is 0 Å². The molecule has 1 rings (SSSR count). The maximum absolute atomic E-state index is 13.2. The average molecular weight is 253 g/mol. The molecule has 0 bridgehead atoms. The molecule has 1 N–H and O–H groups in total. The molecule has 0 aliphatic rings. The summed E-state index contributed by atoms with van der Waals surface area (Å²) in [7, 11) is 0. The molecule has 0 aromatic heterocycles. The maximum atomic E-state index is 13.2. The van der Waals surface area contributed by atoms with E-state index < -0.39 is 23.6 Å². The average Bonchev–Trinajstić information content (AvgIpc) is 2.12. The minimum Gasteiger partial charge on any atom is -0.316 e. The Morgan fingerprint density at radius 2 is 1.94 bits per heavy atom. The van der Waals surface area contributed by atoms with E-state index in [1.54, 1.807) is 6.92 Å². The van der Waals surface area contributed by atoms with E-state index in [0.717, 1.165) is 12.1 Å². The smallest absolute Gasteiger partial charge is 0.316 e. The third-order valence-corrected chi connectivity index (χ3v) is 2.27. The number of anilines is 1. The number of carbonyl (C=O) groups is 1. The van der Waals surface area contributed by atoms with Crippen LogP contribution in [0.1, 0.15) is 5.56 Å². The van der Waals surface area contributed by atoms with E-state index in [4.69, 9.17) is 0 Å². The monoisotopic (exact) mass is 253 g/mol. The molecule has 1 aromatic rings. The lowest BCUT2D eigenvalue weighted by atomic mass is 10.2. The van der Waals surface area contributed by atoms with Gasteiger partial charge in [0.2, 0.25) is 0 Å². The van der Waals surface area contributed by atoms with Gasteiger partial charge in [-0.25, -0.2) is 4.39 Å². The van der Waals surface area contributed by atoms with Gasteiger partial charge in [-0.3, -0.25) is 4.79 Å². The van der Waals surface area contributed by atoms with Crippen molar-refractivity contribution in [2.45, 2.75) is 18.0 Å². The van der Waals surface area contributed by atoms with Gasteiger partial charge in [-0.2, -0.15) is 13.2 Å². The number of alkyl halides is 3. The number of halogens is 4. The number of hydrogen-bond donors (Lipinski definition) is 2. The number of hydrogen-bond acceptors (Lipinski definition) is 2. The molecule has 0 radical (unpaired) electrons. The quantitative estimate of drug-likeness (QED) is 0.584. The summed E-state index contributed by atoms with van der Waals surface area (Å²) in [6, 6.07) is 2.02. The Labute approximate surface area is 94.1 Å². The van der Waals surface area contributed by atoms with Crippen LogP contribution < -0.4 is 5.32 Å². The third kappa shape index (κ3) is 2.88. The van der Waals surface area contributed by atoms with Gasteiger partial charge in [0.25, 0.3) is 0 Å². The first kappa shape index (κ1) is 12.8. The highest BCUT2D eigenvalue weighted by atomic mass is 32.1. The number of amides is 1. The van der Waals surface area contributed by atoms with Gasteiger partial charge in [-0.15, -0.1) is 12.6 Å². The van der Waals surface area contributed by atoms with Crippen LogP contribution >= 0.6 is 12.6 Å². The van der Waals surface area contributed by atoms with Gasteiger partial charge < -0.3 is 5.32 Å². The zero-order valence-electron chi connectivity index (χ0n) is 8.02. The van der Waals surface area contributed by atoms with Gasteiger partial charge in [0.05, 0.1) is 5.69 Å². The molecule has 0 unspecified atom stereocenters. The Balaban J connectivity index is 2.99. The van der Waals surface area contributed by atoms with Crippen LogP contribution in [-0.4, -0.2) is 12.1 Å². The molecule has 7 heteroatoms. The first-order valence-electron chi connectivity index (χ1n) is 4.09. The summed E-state index contributed by atoms with van der Waals surface area (Å²) in [5.74, 6) is -3.16. The van der Waals surface area contributed by atoms with E-state index in [1.807, 2.05) is 0 Å². The number of rotatable bonds is 1.